The Morgan fingerprint density at radius 2 is 2.11 bits per heavy atom. The predicted octanol–water partition coefficient (Wildman–Crippen LogP) is 4.16. The number of carbonyl (C=O) groups excluding carboxylic acids is 1. The summed E-state index contributed by atoms with van der Waals surface area (Å²) in [5.74, 6) is 0.376. The number of aromatic nitrogens is 1. The molecule has 0 bridgehead atoms. The van der Waals surface area contributed by atoms with Gasteiger partial charge in [-0.2, -0.15) is 0 Å². The number of fused-ring (bicyclic) bond motifs is 1. The first-order chi connectivity index (χ1) is 12.8. The van der Waals surface area contributed by atoms with Gasteiger partial charge in [-0.15, -0.1) is 0 Å². The summed E-state index contributed by atoms with van der Waals surface area (Å²) in [5.41, 5.74) is 3.73. The maximum atomic E-state index is 12.2. The van der Waals surface area contributed by atoms with Crippen molar-refractivity contribution >= 4 is 16.9 Å². The van der Waals surface area contributed by atoms with Crippen molar-refractivity contribution in [3.63, 3.8) is 0 Å². The zero-order valence-corrected chi connectivity index (χ0v) is 17.0. The lowest BCUT2D eigenvalue weighted by Crippen LogP contribution is -2.47. The molecule has 1 aliphatic heterocycles. The van der Waals surface area contributed by atoms with Crippen LogP contribution in [0.25, 0.3) is 10.9 Å². The van der Waals surface area contributed by atoms with Crippen LogP contribution in [0.4, 0.5) is 4.79 Å². The van der Waals surface area contributed by atoms with E-state index in [-0.39, 0.29) is 17.6 Å². The lowest BCUT2D eigenvalue weighted by Gasteiger charge is -2.40. The minimum atomic E-state index is -0.0936. The SMILES string of the molecule is Cc1ccc2c(CCNC(=O)NCC3CCCOC3C(C)(C)C)c[nH]c2c1. The van der Waals surface area contributed by atoms with Crippen molar-refractivity contribution in [2.45, 2.75) is 53.1 Å². The number of aryl methyl sites for hydroxylation is 1. The molecule has 148 valence electrons. The first-order valence-electron chi connectivity index (χ1n) is 10.0. The van der Waals surface area contributed by atoms with Crippen LogP contribution in [0.2, 0.25) is 0 Å². The fourth-order valence-electron chi connectivity index (χ4n) is 4.11. The first-order valence-corrected chi connectivity index (χ1v) is 10.0. The highest BCUT2D eigenvalue weighted by Crippen LogP contribution is 2.33. The average molecular weight is 372 g/mol. The molecule has 1 aliphatic rings. The molecule has 3 N–H and O–H groups in total. The second kappa shape index (κ2) is 8.34. The Morgan fingerprint density at radius 1 is 1.30 bits per heavy atom. The van der Waals surface area contributed by atoms with Gasteiger partial charge in [-0.05, 0) is 48.8 Å². The summed E-state index contributed by atoms with van der Waals surface area (Å²) in [5, 5.41) is 7.26. The largest absolute Gasteiger partial charge is 0.377 e. The molecule has 0 saturated carbocycles. The highest BCUT2D eigenvalue weighted by molar-refractivity contribution is 5.83. The molecule has 1 aromatic carbocycles. The highest BCUT2D eigenvalue weighted by atomic mass is 16.5. The second-order valence-electron chi connectivity index (χ2n) is 8.81. The molecule has 2 amide bonds. The molecule has 2 heterocycles. The molecule has 5 heteroatoms. The number of aromatic amines is 1. The minimum Gasteiger partial charge on any atom is -0.377 e. The third kappa shape index (κ3) is 5.04. The molecule has 27 heavy (non-hydrogen) atoms. The minimum absolute atomic E-state index is 0.0936. The zero-order valence-electron chi connectivity index (χ0n) is 17.0. The summed E-state index contributed by atoms with van der Waals surface area (Å²) in [6, 6.07) is 6.32. The first kappa shape index (κ1) is 19.7. The monoisotopic (exact) mass is 371 g/mol. The number of amides is 2. The molecular weight excluding hydrogens is 338 g/mol. The topological polar surface area (TPSA) is 66.2 Å². The van der Waals surface area contributed by atoms with Gasteiger partial charge in [0.15, 0.2) is 0 Å². The summed E-state index contributed by atoms with van der Waals surface area (Å²) in [6.45, 7) is 10.8. The lowest BCUT2D eigenvalue weighted by molar-refractivity contribution is -0.0837. The van der Waals surface area contributed by atoms with Crippen LogP contribution >= 0.6 is 0 Å². The molecule has 0 radical (unpaired) electrons. The van der Waals surface area contributed by atoms with Gasteiger partial charge in [0.25, 0.3) is 0 Å². The van der Waals surface area contributed by atoms with E-state index in [1.165, 1.54) is 16.5 Å². The number of benzene rings is 1. The Morgan fingerprint density at radius 3 is 2.89 bits per heavy atom. The van der Waals surface area contributed by atoms with Crippen molar-refractivity contribution < 1.29 is 9.53 Å². The van der Waals surface area contributed by atoms with Crippen molar-refractivity contribution in [2.75, 3.05) is 19.7 Å². The van der Waals surface area contributed by atoms with E-state index >= 15 is 0 Å². The van der Waals surface area contributed by atoms with Crippen molar-refractivity contribution in [2.24, 2.45) is 11.3 Å². The summed E-state index contributed by atoms with van der Waals surface area (Å²) < 4.78 is 5.99. The fourth-order valence-corrected chi connectivity index (χ4v) is 4.11. The van der Waals surface area contributed by atoms with Crippen LogP contribution in [-0.4, -0.2) is 36.8 Å². The van der Waals surface area contributed by atoms with Gasteiger partial charge in [-0.1, -0.05) is 32.9 Å². The van der Waals surface area contributed by atoms with E-state index in [0.29, 0.717) is 19.0 Å². The maximum Gasteiger partial charge on any atom is 0.314 e. The van der Waals surface area contributed by atoms with Gasteiger partial charge in [0.05, 0.1) is 6.10 Å². The molecule has 1 saturated heterocycles. The average Bonchev–Trinajstić information content (AvgIpc) is 3.01. The highest BCUT2D eigenvalue weighted by Gasteiger charge is 2.35. The van der Waals surface area contributed by atoms with Gasteiger partial charge < -0.3 is 20.4 Å². The normalized spacial score (nSPS) is 20.6. The van der Waals surface area contributed by atoms with Crippen molar-refractivity contribution in [1.82, 2.24) is 15.6 Å². The van der Waals surface area contributed by atoms with E-state index in [2.05, 4.69) is 61.5 Å². The molecule has 2 atom stereocenters. The third-order valence-electron chi connectivity index (χ3n) is 5.43. The van der Waals surface area contributed by atoms with E-state index in [1.807, 2.05) is 6.20 Å². The Balaban J connectivity index is 1.45. The molecule has 3 rings (SSSR count). The number of ether oxygens (including phenoxy) is 1. The van der Waals surface area contributed by atoms with Crippen molar-refractivity contribution in [1.29, 1.82) is 0 Å². The van der Waals surface area contributed by atoms with Gasteiger partial charge in [0, 0.05) is 42.7 Å². The van der Waals surface area contributed by atoms with Gasteiger partial charge in [0.2, 0.25) is 0 Å². The molecule has 1 fully saturated rings. The van der Waals surface area contributed by atoms with E-state index in [1.54, 1.807) is 0 Å². The molecular formula is C22H33N3O2. The Kier molecular flexibility index (Phi) is 6.10. The van der Waals surface area contributed by atoms with E-state index in [4.69, 9.17) is 4.74 Å². The van der Waals surface area contributed by atoms with Crippen molar-refractivity contribution in [3.05, 3.63) is 35.5 Å². The quantitative estimate of drug-likeness (QED) is 0.739. The van der Waals surface area contributed by atoms with Gasteiger partial charge in [-0.25, -0.2) is 4.79 Å². The van der Waals surface area contributed by atoms with Crippen LogP contribution in [0.1, 0.15) is 44.7 Å². The van der Waals surface area contributed by atoms with Crippen LogP contribution in [0.5, 0.6) is 0 Å². The van der Waals surface area contributed by atoms with Crippen molar-refractivity contribution in [3.8, 4) is 0 Å². The number of hydrogen-bond acceptors (Lipinski definition) is 2. The number of carbonyl (C=O) groups is 1. The van der Waals surface area contributed by atoms with Crippen LogP contribution in [0.15, 0.2) is 24.4 Å². The molecule has 2 aromatic rings. The molecule has 1 aromatic heterocycles. The summed E-state index contributed by atoms with van der Waals surface area (Å²) >= 11 is 0. The Bertz CT molecular complexity index is 775. The van der Waals surface area contributed by atoms with E-state index in [9.17, 15) is 4.79 Å². The van der Waals surface area contributed by atoms with Gasteiger partial charge >= 0.3 is 6.03 Å². The second-order valence-corrected chi connectivity index (χ2v) is 8.81. The predicted molar refractivity (Wildman–Crippen MR) is 110 cm³/mol. The van der Waals surface area contributed by atoms with Crippen LogP contribution in [0.3, 0.4) is 0 Å². The van der Waals surface area contributed by atoms with E-state index in [0.717, 1.165) is 31.4 Å². The number of rotatable bonds is 5. The van der Waals surface area contributed by atoms with Gasteiger partial charge in [0.1, 0.15) is 0 Å². The fraction of sp³-hybridized carbons (Fsp3) is 0.591. The van der Waals surface area contributed by atoms with Crippen LogP contribution in [-0.2, 0) is 11.2 Å². The standard InChI is InChI=1S/C22H33N3O2/c1-15-7-8-18-16(13-24-19(18)12-15)9-10-23-21(26)25-14-17-6-5-11-27-20(17)22(2,3)4/h7-8,12-13,17,20,24H,5-6,9-11,14H2,1-4H3,(H2,23,25,26). The Labute approximate surface area is 162 Å². The maximum absolute atomic E-state index is 12.2. The van der Waals surface area contributed by atoms with Crippen LogP contribution < -0.4 is 10.6 Å². The molecule has 0 spiro atoms. The smallest absolute Gasteiger partial charge is 0.314 e. The lowest BCUT2D eigenvalue weighted by atomic mass is 9.78. The van der Waals surface area contributed by atoms with Gasteiger partial charge in [-0.3, -0.25) is 0 Å². The summed E-state index contributed by atoms with van der Waals surface area (Å²) in [6.07, 6.45) is 5.23. The van der Waals surface area contributed by atoms with E-state index < -0.39 is 0 Å². The number of nitrogens with one attached hydrogen (secondary N) is 3. The number of hydrogen-bond donors (Lipinski definition) is 3. The Hall–Kier alpha value is -2.01. The molecule has 2 unspecified atom stereocenters. The molecule has 0 aliphatic carbocycles. The summed E-state index contributed by atoms with van der Waals surface area (Å²) in [4.78, 5) is 15.5. The third-order valence-corrected chi connectivity index (χ3v) is 5.43. The van der Waals surface area contributed by atoms with Crippen LogP contribution in [0, 0.1) is 18.3 Å². The number of H-pyrrole nitrogens is 1. The number of urea groups is 1. The zero-order chi connectivity index (χ0) is 19.4. The molecule has 5 nitrogen and oxygen atoms in total. The summed E-state index contributed by atoms with van der Waals surface area (Å²) in [7, 11) is 0.